The number of piperidine rings is 1. The Labute approximate surface area is 125 Å². The normalized spacial score (nSPS) is 17.9. The van der Waals surface area contributed by atoms with Gasteiger partial charge >= 0.3 is 0 Å². The number of nitrogens with one attached hydrogen (secondary N) is 2. The number of likely N-dealkylation sites (tertiary alicyclic amines) is 1. The summed E-state index contributed by atoms with van der Waals surface area (Å²) in [5.41, 5.74) is 0.945. The van der Waals surface area contributed by atoms with Gasteiger partial charge in [-0.25, -0.2) is 0 Å². The first kappa shape index (κ1) is 15.5. The van der Waals surface area contributed by atoms with Crippen molar-refractivity contribution < 1.29 is 4.79 Å². The van der Waals surface area contributed by atoms with Gasteiger partial charge in [-0.2, -0.15) is 0 Å². The molecule has 112 valence electrons. The molecule has 1 aromatic heterocycles. The van der Waals surface area contributed by atoms with Gasteiger partial charge in [0, 0.05) is 30.9 Å². The molecule has 0 saturated carbocycles. The highest BCUT2D eigenvalue weighted by Crippen LogP contribution is 2.22. The predicted molar refractivity (Wildman–Crippen MR) is 85.2 cm³/mol. The summed E-state index contributed by atoms with van der Waals surface area (Å²) in [6, 6.07) is 2.44. The van der Waals surface area contributed by atoms with Crippen LogP contribution in [0.1, 0.15) is 38.0 Å². The van der Waals surface area contributed by atoms with Crippen LogP contribution in [0.4, 0.5) is 5.69 Å². The molecule has 0 bridgehead atoms. The van der Waals surface area contributed by atoms with Gasteiger partial charge in [0.15, 0.2) is 0 Å². The van der Waals surface area contributed by atoms with Crippen LogP contribution in [0.5, 0.6) is 0 Å². The molecule has 0 spiro atoms. The Hall–Kier alpha value is -0.910. The van der Waals surface area contributed by atoms with E-state index in [1.165, 1.54) is 37.2 Å². The maximum Gasteiger partial charge on any atom is 0.221 e. The lowest BCUT2D eigenvalue weighted by molar-refractivity contribution is -0.114. The summed E-state index contributed by atoms with van der Waals surface area (Å²) in [7, 11) is 0. The molecule has 1 atom stereocenters. The Morgan fingerprint density at radius 2 is 2.15 bits per heavy atom. The third-order valence-corrected chi connectivity index (χ3v) is 4.57. The highest BCUT2D eigenvalue weighted by atomic mass is 32.1. The van der Waals surface area contributed by atoms with Gasteiger partial charge in [0.25, 0.3) is 0 Å². The fraction of sp³-hybridized carbons (Fsp3) is 0.667. The zero-order valence-electron chi connectivity index (χ0n) is 12.4. The van der Waals surface area contributed by atoms with E-state index in [0.29, 0.717) is 6.04 Å². The Kier molecular flexibility index (Phi) is 6.01. The molecule has 20 heavy (non-hydrogen) atoms. The molecular weight excluding hydrogens is 270 g/mol. The first-order chi connectivity index (χ1) is 9.65. The average Bonchev–Trinajstić information content (AvgIpc) is 2.84. The van der Waals surface area contributed by atoms with Crippen LogP contribution < -0.4 is 10.6 Å². The highest BCUT2D eigenvalue weighted by Gasteiger charge is 2.14. The predicted octanol–water partition coefficient (Wildman–Crippen LogP) is 2.67. The number of nitrogens with zero attached hydrogens (tertiary/aromatic N) is 1. The molecule has 1 amide bonds. The molecule has 2 heterocycles. The van der Waals surface area contributed by atoms with Crippen molar-refractivity contribution in [1.29, 1.82) is 0 Å². The standard InChI is InChI=1S/C15H25N3OS/c1-12(11-18-7-4-3-5-8-18)16-10-15-14(6-9-20-15)17-13(2)19/h6,9,12,16H,3-5,7-8,10-11H2,1-2H3,(H,17,19). The van der Waals surface area contributed by atoms with E-state index >= 15 is 0 Å². The zero-order valence-corrected chi connectivity index (χ0v) is 13.3. The van der Waals surface area contributed by atoms with E-state index in [4.69, 9.17) is 0 Å². The Balaban J connectivity index is 1.76. The van der Waals surface area contributed by atoms with Crippen molar-refractivity contribution in [2.45, 2.75) is 45.7 Å². The molecule has 0 aromatic carbocycles. The monoisotopic (exact) mass is 295 g/mol. The second-order valence-corrected chi connectivity index (χ2v) is 6.58. The van der Waals surface area contributed by atoms with Crippen LogP contribution in [0.2, 0.25) is 0 Å². The van der Waals surface area contributed by atoms with Crippen molar-refractivity contribution in [3.63, 3.8) is 0 Å². The highest BCUT2D eigenvalue weighted by molar-refractivity contribution is 7.10. The molecule has 1 aliphatic rings. The molecule has 1 unspecified atom stereocenters. The largest absolute Gasteiger partial charge is 0.325 e. The minimum atomic E-state index is -0.00832. The topological polar surface area (TPSA) is 44.4 Å². The van der Waals surface area contributed by atoms with Crippen molar-refractivity contribution in [2.24, 2.45) is 0 Å². The van der Waals surface area contributed by atoms with Crippen LogP contribution >= 0.6 is 11.3 Å². The molecule has 2 rings (SSSR count). The molecule has 0 aliphatic carbocycles. The molecule has 4 nitrogen and oxygen atoms in total. The fourth-order valence-electron chi connectivity index (χ4n) is 2.64. The Morgan fingerprint density at radius 3 is 2.85 bits per heavy atom. The number of rotatable bonds is 6. The maximum absolute atomic E-state index is 11.1. The van der Waals surface area contributed by atoms with E-state index in [1.807, 2.05) is 11.4 Å². The number of anilines is 1. The number of hydrogen-bond acceptors (Lipinski definition) is 4. The first-order valence-corrected chi connectivity index (χ1v) is 8.33. The lowest BCUT2D eigenvalue weighted by Gasteiger charge is -2.29. The average molecular weight is 295 g/mol. The van der Waals surface area contributed by atoms with Crippen molar-refractivity contribution in [3.05, 3.63) is 16.3 Å². The van der Waals surface area contributed by atoms with Gasteiger partial charge in [-0.3, -0.25) is 4.79 Å². The van der Waals surface area contributed by atoms with Gasteiger partial charge in [0.2, 0.25) is 5.91 Å². The molecule has 1 aliphatic heterocycles. The van der Waals surface area contributed by atoms with E-state index in [-0.39, 0.29) is 5.91 Å². The van der Waals surface area contributed by atoms with Crippen LogP contribution in [-0.2, 0) is 11.3 Å². The second kappa shape index (κ2) is 7.76. The zero-order chi connectivity index (χ0) is 14.4. The van der Waals surface area contributed by atoms with Crippen LogP contribution in [0, 0.1) is 0 Å². The van der Waals surface area contributed by atoms with Gasteiger partial charge in [-0.1, -0.05) is 6.42 Å². The summed E-state index contributed by atoms with van der Waals surface area (Å²) in [5.74, 6) is -0.00832. The summed E-state index contributed by atoms with van der Waals surface area (Å²) in [5, 5.41) is 8.47. The summed E-state index contributed by atoms with van der Waals surface area (Å²) >= 11 is 1.69. The lowest BCUT2D eigenvalue weighted by atomic mass is 10.1. The van der Waals surface area contributed by atoms with Crippen molar-refractivity contribution in [1.82, 2.24) is 10.2 Å². The summed E-state index contributed by atoms with van der Waals surface area (Å²) in [4.78, 5) is 14.9. The summed E-state index contributed by atoms with van der Waals surface area (Å²) in [6.45, 7) is 8.20. The third kappa shape index (κ3) is 4.89. The van der Waals surface area contributed by atoms with E-state index in [0.717, 1.165) is 18.8 Å². The molecule has 1 saturated heterocycles. The fourth-order valence-corrected chi connectivity index (χ4v) is 3.42. The van der Waals surface area contributed by atoms with E-state index in [9.17, 15) is 4.79 Å². The number of hydrogen-bond donors (Lipinski definition) is 2. The third-order valence-electron chi connectivity index (χ3n) is 3.65. The smallest absolute Gasteiger partial charge is 0.221 e. The number of amides is 1. The minimum absolute atomic E-state index is 0.00832. The van der Waals surface area contributed by atoms with Gasteiger partial charge in [-0.15, -0.1) is 11.3 Å². The number of carbonyl (C=O) groups excluding carboxylic acids is 1. The SMILES string of the molecule is CC(=O)Nc1ccsc1CNC(C)CN1CCCCC1. The molecule has 0 radical (unpaired) electrons. The van der Waals surface area contributed by atoms with Gasteiger partial charge < -0.3 is 15.5 Å². The number of carbonyl (C=O) groups is 1. The molecular formula is C15H25N3OS. The second-order valence-electron chi connectivity index (χ2n) is 5.58. The van der Waals surface area contributed by atoms with Crippen LogP contribution in [0.3, 0.4) is 0 Å². The maximum atomic E-state index is 11.1. The van der Waals surface area contributed by atoms with Gasteiger partial charge in [-0.05, 0) is 44.3 Å². The molecule has 1 aromatic rings. The lowest BCUT2D eigenvalue weighted by Crippen LogP contribution is -2.41. The minimum Gasteiger partial charge on any atom is -0.325 e. The first-order valence-electron chi connectivity index (χ1n) is 7.45. The van der Waals surface area contributed by atoms with Crippen molar-refractivity contribution in [2.75, 3.05) is 25.0 Å². The summed E-state index contributed by atoms with van der Waals surface area (Å²) < 4.78 is 0. The van der Waals surface area contributed by atoms with Crippen molar-refractivity contribution in [3.8, 4) is 0 Å². The van der Waals surface area contributed by atoms with Crippen LogP contribution in [0.25, 0.3) is 0 Å². The van der Waals surface area contributed by atoms with E-state index < -0.39 is 0 Å². The summed E-state index contributed by atoms with van der Waals surface area (Å²) in [6.07, 6.45) is 4.06. The van der Waals surface area contributed by atoms with Gasteiger partial charge in [0.1, 0.15) is 0 Å². The van der Waals surface area contributed by atoms with Crippen LogP contribution in [0.15, 0.2) is 11.4 Å². The molecule has 2 N–H and O–H groups in total. The quantitative estimate of drug-likeness (QED) is 0.848. The molecule has 5 heteroatoms. The molecule has 1 fully saturated rings. The van der Waals surface area contributed by atoms with Gasteiger partial charge in [0.05, 0.1) is 5.69 Å². The van der Waals surface area contributed by atoms with E-state index in [2.05, 4.69) is 22.5 Å². The Bertz CT molecular complexity index is 427. The Morgan fingerprint density at radius 1 is 1.40 bits per heavy atom. The van der Waals surface area contributed by atoms with E-state index in [1.54, 1.807) is 18.3 Å². The van der Waals surface area contributed by atoms with Crippen molar-refractivity contribution >= 4 is 22.9 Å². The van der Waals surface area contributed by atoms with Crippen LogP contribution in [-0.4, -0.2) is 36.5 Å². The number of thiophene rings is 1.